The highest BCUT2D eigenvalue weighted by Crippen LogP contribution is 2.38. The molecule has 16 heavy (non-hydrogen) atoms. The molecule has 4 nitrogen and oxygen atoms in total. The largest absolute Gasteiger partial charge is 0.370 e. The van der Waals surface area contributed by atoms with Crippen LogP contribution >= 0.6 is 23.4 Å². The van der Waals surface area contributed by atoms with Crippen molar-refractivity contribution in [2.45, 2.75) is 16.6 Å². The first-order valence-corrected chi connectivity index (χ1v) is 5.87. The Bertz CT molecular complexity index is 464. The highest BCUT2D eigenvalue weighted by molar-refractivity contribution is 8.01. The van der Waals surface area contributed by atoms with Gasteiger partial charge in [0, 0.05) is 16.3 Å². The minimum atomic E-state index is -0.481. The highest BCUT2D eigenvalue weighted by Gasteiger charge is 2.28. The van der Waals surface area contributed by atoms with Crippen molar-refractivity contribution < 1.29 is 9.59 Å². The van der Waals surface area contributed by atoms with Crippen LogP contribution in [0.25, 0.3) is 0 Å². The first-order valence-electron chi connectivity index (χ1n) is 4.61. The maximum Gasteiger partial charge on any atom is 0.238 e. The van der Waals surface area contributed by atoms with E-state index in [9.17, 15) is 9.59 Å². The molecular formula is C10H9ClN2O2S. The quantitative estimate of drug-likeness (QED) is 0.845. The smallest absolute Gasteiger partial charge is 0.238 e. The summed E-state index contributed by atoms with van der Waals surface area (Å²) in [6.07, 6.45) is 0.0402. The van der Waals surface area contributed by atoms with Crippen molar-refractivity contribution in [1.29, 1.82) is 0 Å². The van der Waals surface area contributed by atoms with E-state index >= 15 is 0 Å². The number of anilines is 1. The molecule has 84 valence electrons. The maximum absolute atomic E-state index is 11.6. The van der Waals surface area contributed by atoms with Crippen LogP contribution < -0.4 is 11.1 Å². The van der Waals surface area contributed by atoms with Crippen LogP contribution in [0.2, 0.25) is 5.02 Å². The van der Waals surface area contributed by atoms with Crippen LogP contribution in [0, 0.1) is 0 Å². The van der Waals surface area contributed by atoms with E-state index in [1.54, 1.807) is 12.1 Å². The van der Waals surface area contributed by atoms with Gasteiger partial charge in [-0.1, -0.05) is 11.6 Å². The van der Waals surface area contributed by atoms with Crippen LogP contribution in [-0.4, -0.2) is 17.1 Å². The summed E-state index contributed by atoms with van der Waals surface area (Å²) in [5.41, 5.74) is 5.76. The molecule has 1 aromatic carbocycles. The molecule has 0 radical (unpaired) electrons. The number of amides is 2. The number of carbonyl (C=O) groups excluding carboxylic acids is 2. The molecule has 3 N–H and O–H groups in total. The fourth-order valence-electron chi connectivity index (χ4n) is 1.44. The Morgan fingerprint density at radius 3 is 3.00 bits per heavy atom. The number of benzene rings is 1. The van der Waals surface area contributed by atoms with Gasteiger partial charge in [0.05, 0.1) is 10.9 Å². The molecule has 0 saturated heterocycles. The fourth-order valence-corrected chi connectivity index (χ4v) is 2.72. The number of nitrogens with two attached hydrogens (primary N) is 1. The number of halogens is 1. The van der Waals surface area contributed by atoms with Gasteiger partial charge in [-0.25, -0.2) is 0 Å². The number of nitrogens with one attached hydrogen (secondary N) is 1. The lowest BCUT2D eigenvalue weighted by Gasteiger charge is -2.23. The van der Waals surface area contributed by atoms with E-state index in [1.807, 2.05) is 6.07 Å². The van der Waals surface area contributed by atoms with E-state index in [4.69, 9.17) is 17.3 Å². The molecule has 1 aliphatic heterocycles. The van der Waals surface area contributed by atoms with Gasteiger partial charge in [-0.15, -0.1) is 11.8 Å². The first-order chi connectivity index (χ1) is 7.56. The Kier molecular flexibility index (Phi) is 3.07. The minimum Gasteiger partial charge on any atom is -0.370 e. The molecule has 0 bridgehead atoms. The lowest BCUT2D eigenvalue weighted by atomic mass is 10.2. The van der Waals surface area contributed by atoms with Crippen molar-refractivity contribution in [3.8, 4) is 0 Å². The third-order valence-electron chi connectivity index (χ3n) is 2.15. The Balaban J connectivity index is 2.25. The van der Waals surface area contributed by atoms with Crippen molar-refractivity contribution in [2.75, 3.05) is 5.32 Å². The number of thioether (sulfide) groups is 1. The van der Waals surface area contributed by atoms with Gasteiger partial charge >= 0.3 is 0 Å². The van der Waals surface area contributed by atoms with Crippen molar-refractivity contribution in [2.24, 2.45) is 5.73 Å². The Labute approximate surface area is 102 Å². The molecule has 1 heterocycles. The third-order valence-corrected chi connectivity index (χ3v) is 3.66. The topological polar surface area (TPSA) is 72.2 Å². The van der Waals surface area contributed by atoms with Crippen LogP contribution in [0.5, 0.6) is 0 Å². The molecule has 0 saturated carbocycles. The predicted molar refractivity (Wildman–Crippen MR) is 63.5 cm³/mol. The van der Waals surface area contributed by atoms with E-state index in [1.165, 1.54) is 11.8 Å². The molecule has 1 aliphatic rings. The van der Waals surface area contributed by atoms with Crippen LogP contribution in [0.15, 0.2) is 23.1 Å². The molecule has 2 rings (SSSR count). The summed E-state index contributed by atoms with van der Waals surface area (Å²) >= 11 is 7.14. The van der Waals surface area contributed by atoms with E-state index in [-0.39, 0.29) is 12.3 Å². The van der Waals surface area contributed by atoms with E-state index in [0.29, 0.717) is 10.7 Å². The van der Waals surface area contributed by atoms with Crippen molar-refractivity contribution in [3.05, 3.63) is 23.2 Å². The molecule has 1 atom stereocenters. The molecule has 0 aromatic heterocycles. The van der Waals surface area contributed by atoms with Crippen molar-refractivity contribution >= 4 is 40.9 Å². The molecule has 0 fully saturated rings. The summed E-state index contributed by atoms with van der Waals surface area (Å²) in [7, 11) is 0. The summed E-state index contributed by atoms with van der Waals surface area (Å²) in [6.45, 7) is 0. The van der Waals surface area contributed by atoms with Gasteiger partial charge < -0.3 is 11.1 Å². The summed E-state index contributed by atoms with van der Waals surface area (Å²) < 4.78 is 0. The van der Waals surface area contributed by atoms with E-state index < -0.39 is 11.2 Å². The molecule has 6 heteroatoms. The van der Waals surface area contributed by atoms with E-state index in [0.717, 1.165) is 4.90 Å². The summed E-state index contributed by atoms with van der Waals surface area (Å²) in [5, 5.41) is 2.81. The third kappa shape index (κ3) is 2.31. The lowest BCUT2D eigenvalue weighted by molar-refractivity contribution is -0.121. The zero-order chi connectivity index (χ0) is 11.7. The number of rotatable bonds is 2. The van der Waals surface area contributed by atoms with Gasteiger partial charge in [0.1, 0.15) is 0 Å². The second-order valence-electron chi connectivity index (χ2n) is 3.41. The molecule has 2 amide bonds. The Hall–Kier alpha value is -1.20. The fraction of sp³-hybridized carbons (Fsp3) is 0.200. The zero-order valence-corrected chi connectivity index (χ0v) is 9.77. The monoisotopic (exact) mass is 256 g/mol. The Morgan fingerprint density at radius 1 is 1.56 bits per heavy atom. The number of carbonyl (C=O) groups is 2. The number of hydrogen-bond donors (Lipinski definition) is 2. The highest BCUT2D eigenvalue weighted by atomic mass is 35.5. The van der Waals surface area contributed by atoms with Crippen molar-refractivity contribution in [1.82, 2.24) is 0 Å². The second-order valence-corrected chi connectivity index (χ2v) is 5.09. The van der Waals surface area contributed by atoms with Gasteiger partial charge in [-0.2, -0.15) is 0 Å². The van der Waals surface area contributed by atoms with Crippen LogP contribution in [-0.2, 0) is 9.59 Å². The number of primary amides is 1. The molecule has 0 aliphatic carbocycles. The molecule has 0 spiro atoms. The van der Waals surface area contributed by atoms with Gasteiger partial charge in [0.2, 0.25) is 11.8 Å². The van der Waals surface area contributed by atoms with Crippen LogP contribution in [0.1, 0.15) is 6.42 Å². The van der Waals surface area contributed by atoms with Gasteiger partial charge in [-0.05, 0) is 18.2 Å². The van der Waals surface area contributed by atoms with Gasteiger partial charge in [0.15, 0.2) is 0 Å². The normalized spacial score (nSPS) is 18.8. The average Bonchev–Trinajstić information content (AvgIpc) is 2.19. The lowest BCUT2D eigenvalue weighted by Crippen LogP contribution is -2.32. The first kappa shape index (κ1) is 11.3. The molecule has 0 unspecified atom stereocenters. The van der Waals surface area contributed by atoms with E-state index in [2.05, 4.69) is 5.32 Å². The van der Waals surface area contributed by atoms with Crippen molar-refractivity contribution in [3.63, 3.8) is 0 Å². The summed E-state index contributed by atoms with van der Waals surface area (Å²) in [5.74, 6) is -0.691. The summed E-state index contributed by atoms with van der Waals surface area (Å²) in [4.78, 5) is 23.3. The zero-order valence-electron chi connectivity index (χ0n) is 8.20. The number of hydrogen-bond acceptors (Lipinski definition) is 3. The van der Waals surface area contributed by atoms with Gasteiger partial charge in [-0.3, -0.25) is 9.59 Å². The standard InChI is InChI=1S/C10H9ClN2O2S/c11-5-1-2-7-6(3-5)13-10(15)8(16-7)4-9(12)14/h1-3,8H,4H2,(H2,12,14)(H,13,15)/t8-/m1/s1. The SMILES string of the molecule is NC(=O)C[C@H]1Sc2ccc(Cl)cc2NC1=O. The Morgan fingerprint density at radius 2 is 2.31 bits per heavy atom. The van der Waals surface area contributed by atoms with Gasteiger partial charge in [0.25, 0.3) is 0 Å². The predicted octanol–water partition coefficient (Wildman–Crippen LogP) is 1.63. The van der Waals surface area contributed by atoms with Crippen LogP contribution in [0.3, 0.4) is 0 Å². The average molecular weight is 257 g/mol. The maximum atomic E-state index is 11.6. The number of fused-ring (bicyclic) bond motifs is 1. The minimum absolute atomic E-state index is 0.0402. The second kappa shape index (κ2) is 4.35. The summed E-state index contributed by atoms with van der Waals surface area (Å²) in [6, 6.07) is 5.24. The van der Waals surface area contributed by atoms with Crippen LogP contribution in [0.4, 0.5) is 5.69 Å². The molecular weight excluding hydrogens is 248 g/mol. The molecule has 1 aromatic rings.